The summed E-state index contributed by atoms with van der Waals surface area (Å²) >= 11 is 0. The summed E-state index contributed by atoms with van der Waals surface area (Å²) < 4.78 is 36.7. The third kappa shape index (κ3) is 4.47. The van der Waals surface area contributed by atoms with Gasteiger partial charge >= 0.3 is 6.18 Å². The summed E-state index contributed by atoms with van der Waals surface area (Å²) in [5, 5.41) is 0. The van der Waals surface area contributed by atoms with Crippen molar-refractivity contribution in [3.05, 3.63) is 35.4 Å². The smallest absolute Gasteiger partial charge is 0.370 e. The Bertz CT molecular complexity index is 459. The van der Waals surface area contributed by atoms with Crippen LogP contribution in [0.5, 0.6) is 0 Å². The highest BCUT2D eigenvalue weighted by molar-refractivity contribution is 5.75. The van der Waals surface area contributed by atoms with Gasteiger partial charge in [-0.1, -0.05) is 11.8 Å². The van der Waals surface area contributed by atoms with Crippen LogP contribution in [0.2, 0.25) is 0 Å². The van der Waals surface area contributed by atoms with Crippen molar-refractivity contribution in [2.45, 2.75) is 6.18 Å². The van der Waals surface area contributed by atoms with Crippen LogP contribution in [0.3, 0.4) is 0 Å². The Morgan fingerprint density at radius 3 is 2.24 bits per heavy atom. The van der Waals surface area contributed by atoms with Gasteiger partial charge in [0.1, 0.15) is 6.54 Å². The summed E-state index contributed by atoms with van der Waals surface area (Å²) in [6, 6.07) is 4.55. The second-order valence-corrected chi connectivity index (χ2v) is 3.12. The minimum atomic E-state index is -4.33. The van der Waals surface area contributed by atoms with Crippen molar-refractivity contribution < 1.29 is 13.2 Å². The Morgan fingerprint density at radius 2 is 1.76 bits per heavy atom. The normalized spacial score (nSPS) is 10.3. The molecule has 1 aromatic rings. The van der Waals surface area contributed by atoms with Crippen LogP contribution in [0.4, 0.5) is 13.2 Å². The molecule has 90 valence electrons. The Balaban J connectivity index is 2.72. The lowest BCUT2D eigenvalue weighted by molar-refractivity contribution is -0.137. The zero-order chi connectivity index (χ0) is 12.9. The van der Waals surface area contributed by atoms with Gasteiger partial charge in [0.15, 0.2) is 5.96 Å². The zero-order valence-electron chi connectivity index (χ0n) is 8.75. The van der Waals surface area contributed by atoms with Gasteiger partial charge in [-0.3, -0.25) is 0 Å². The molecule has 0 unspecified atom stereocenters. The number of benzene rings is 1. The fourth-order valence-electron chi connectivity index (χ4n) is 1.01. The third-order valence-corrected chi connectivity index (χ3v) is 1.79. The first-order chi connectivity index (χ1) is 7.89. The van der Waals surface area contributed by atoms with Crippen molar-refractivity contribution >= 4 is 5.96 Å². The number of nitrogens with zero attached hydrogens (tertiary/aromatic N) is 1. The molecule has 0 aromatic heterocycles. The van der Waals surface area contributed by atoms with E-state index in [0.717, 1.165) is 12.1 Å². The molecule has 0 aliphatic rings. The Kier molecular flexibility index (Phi) is 3.99. The van der Waals surface area contributed by atoms with Crippen LogP contribution in [-0.4, -0.2) is 12.5 Å². The number of nitrogens with two attached hydrogens (primary N) is 2. The molecule has 1 rings (SSSR count). The molecule has 0 fully saturated rings. The van der Waals surface area contributed by atoms with Crippen LogP contribution in [-0.2, 0) is 6.18 Å². The Labute approximate surface area is 96.3 Å². The maximum absolute atomic E-state index is 12.2. The monoisotopic (exact) mass is 241 g/mol. The van der Waals surface area contributed by atoms with Crippen LogP contribution in [0.1, 0.15) is 11.1 Å². The van der Waals surface area contributed by atoms with Crippen molar-refractivity contribution in [3.8, 4) is 11.8 Å². The van der Waals surface area contributed by atoms with E-state index in [4.69, 9.17) is 11.5 Å². The van der Waals surface area contributed by atoms with E-state index in [2.05, 4.69) is 16.8 Å². The van der Waals surface area contributed by atoms with E-state index >= 15 is 0 Å². The zero-order valence-corrected chi connectivity index (χ0v) is 8.75. The number of alkyl halides is 3. The van der Waals surface area contributed by atoms with E-state index in [-0.39, 0.29) is 12.5 Å². The molecular formula is C11H10F3N3. The van der Waals surface area contributed by atoms with Crippen LogP contribution in [0, 0.1) is 11.8 Å². The Hall–Kier alpha value is -2.16. The van der Waals surface area contributed by atoms with Gasteiger partial charge in [-0.05, 0) is 24.3 Å². The predicted octanol–water partition coefficient (Wildman–Crippen LogP) is 1.33. The highest BCUT2D eigenvalue weighted by atomic mass is 19.4. The minimum absolute atomic E-state index is 0.0771. The summed E-state index contributed by atoms with van der Waals surface area (Å²) in [7, 11) is 0. The van der Waals surface area contributed by atoms with Crippen molar-refractivity contribution in [3.63, 3.8) is 0 Å². The van der Waals surface area contributed by atoms with Gasteiger partial charge in [0.05, 0.1) is 5.56 Å². The lowest BCUT2D eigenvalue weighted by atomic mass is 10.1. The van der Waals surface area contributed by atoms with E-state index in [1.165, 1.54) is 12.1 Å². The van der Waals surface area contributed by atoms with Crippen molar-refractivity contribution in [1.29, 1.82) is 0 Å². The van der Waals surface area contributed by atoms with Gasteiger partial charge in [-0.2, -0.15) is 13.2 Å². The van der Waals surface area contributed by atoms with Crippen LogP contribution < -0.4 is 11.5 Å². The van der Waals surface area contributed by atoms with Gasteiger partial charge in [-0.25, -0.2) is 4.99 Å². The van der Waals surface area contributed by atoms with Crippen LogP contribution in [0.15, 0.2) is 29.3 Å². The molecule has 17 heavy (non-hydrogen) atoms. The SMILES string of the molecule is NC(N)=NCC#Cc1ccc(C(F)(F)F)cc1. The molecule has 0 aliphatic carbocycles. The molecule has 0 aliphatic heterocycles. The second-order valence-electron chi connectivity index (χ2n) is 3.12. The van der Waals surface area contributed by atoms with Gasteiger partial charge in [0.2, 0.25) is 0 Å². The summed E-state index contributed by atoms with van der Waals surface area (Å²) in [5.41, 5.74) is 9.92. The van der Waals surface area contributed by atoms with Crippen LogP contribution in [0.25, 0.3) is 0 Å². The predicted molar refractivity (Wildman–Crippen MR) is 59.0 cm³/mol. The number of hydrogen-bond donors (Lipinski definition) is 2. The molecule has 3 nitrogen and oxygen atoms in total. The third-order valence-electron chi connectivity index (χ3n) is 1.79. The van der Waals surface area contributed by atoms with E-state index < -0.39 is 11.7 Å². The second kappa shape index (κ2) is 5.25. The number of hydrogen-bond acceptors (Lipinski definition) is 1. The molecule has 0 saturated carbocycles. The fraction of sp³-hybridized carbons (Fsp3) is 0.182. The summed E-state index contributed by atoms with van der Waals surface area (Å²) in [5.74, 6) is 5.18. The van der Waals surface area contributed by atoms with Crippen molar-refractivity contribution in [1.82, 2.24) is 0 Å². The van der Waals surface area contributed by atoms with Gasteiger partial charge in [0, 0.05) is 5.56 Å². The molecule has 0 saturated heterocycles. The molecule has 0 amide bonds. The van der Waals surface area contributed by atoms with E-state index in [1.807, 2.05) is 0 Å². The van der Waals surface area contributed by atoms with Gasteiger partial charge in [-0.15, -0.1) is 0 Å². The highest BCUT2D eigenvalue weighted by Crippen LogP contribution is 2.28. The molecule has 0 atom stereocenters. The maximum atomic E-state index is 12.2. The molecule has 6 heteroatoms. The van der Waals surface area contributed by atoms with Gasteiger partial charge in [0.25, 0.3) is 0 Å². The largest absolute Gasteiger partial charge is 0.416 e. The minimum Gasteiger partial charge on any atom is -0.370 e. The van der Waals surface area contributed by atoms with Crippen molar-refractivity contribution in [2.24, 2.45) is 16.5 Å². The summed E-state index contributed by atoms with van der Waals surface area (Å²) in [4.78, 5) is 3.62. The maximum Gasteiger partial charge on any atom is 0.416 e. The molecule has 0 bridgehead atoms. The number of aliphatic imine (C=N–C) groups is 1. The van der Waals surface area contributed by atoms with Crippen molar-refractivity contribution in [2.75, 3.05) is 6.54 Å². The summed E-state index contributed by atoms with van der Waals surface area (Å²) in [6.07, 6.45) is -4.33. The number of halogens is 3. The first-order valence-corrected chi connectivity index (χ1v) is 4.61. The average molecular weight is 241 g/mol. The topological polar surface area (TPSA) is 64.4 Å². The first-order valence-electron chi connectivity index (χ1n) is 4.61. The standard InChI is InChI=1S/C11H10F3N3/c12-11(13,14)9-5-3-8(4-6-9)2-1-7-17-10(15)16/h3-6H,7H2,(H4,15,16,17). The first kappa shape index (κ1) is 12.9. The quantitative estimate of drug-likeness (QED) is 0.442. The average Bonchev–Trinajstić information content (AvgIpc) is 2.23. The van der Waals surface area contributed by atoms with E-state index in [1.54, 1.807) is 0 Å². The van der Waals surface area contributed by atoms with Gasteiger partial charge < -0.3 is 11.5 Å². The van der Waals surface area contributed by atoms with E-state index in [9.17, 15) is 13.2 Å². The molecule has 4 N–H and O–H groups in total. The molecule has 0 radical (unpaired) electrons. The van der Waals surface area contributed by atoms with E-state index in [0.29, 0.717) is 5.56 Å². The molecule has 1 aromatic carbocycles. The number of guanidine groups is 1. The highest BCUT2D eigenvalue weighted by Gasteiger charge is 2.29. The lowest BCUT2D eigenvalue weighted by Crippen LogP contribution is -2.22. The summed E-state index contributed by atoms with van der Waals surface area (Å²) in [6.45, 7) is 0.114. The molecule has 0 spiro atoms. The fourth-order valence-corrected chi connectivity index (χ4v) is 1.01. The Morgan fingerprint density at radius 1 is 1.18 bits per heavy atom. The molecular weight excluding hydrogens is 231 g/mol. The van der Waals surface area contributed by atoms with Crippen LogP contribution >= 0.6 is 0 Å². The lowest BCUT2D eigenvalue weighted by Gasteiger charge is -2.05. The number of rotatable bonds is 1. The molecule has 0 heterocycles.